The number of H-pyrrole nitrogens is 1. The van der Waals surface area contributed by atoms with Crippen LogP contribution in [0.25, 0.3) is 11.1 Å². The molecule has 1 aromatic carbocycles. The molecule has 22 heteroatoms. The van der Waals surface area contributed by atoms with Crippen molar-refractivity contribution >= 4 is 90.0 Å². The second-order valence-electron chi connectivity index (χ2n) is 16.3. The maximum Gasteiger partial charge on any atom is 0.417 e. The van der Waals surface area contributed by atoms with Gasteiger partial charge in [0.1, 0.15) is 6.29 Å². The quantitative estimate of drug-likeness (QED) is 0.0342. The molecule has 426 valence electrons. The van der Waals surface area contributed by atoms with Crippen LogP contribution in [-0.4, -0.2) is 119 Å². The maximum atomic E-state index is 11.3. The molecule has 6 heterocycles. The Morgan fingerprint density at radius 2 is 1.26 bits per heavy atom. The number of carbonyl (C=O) groups excluding carboxylic acids is 1. The highest BCUT2D eigenvalue weighted by atomic mass is 79.9. The molecule has 0 unspecified atom stereocenters. The Balaban J connectivity index is 0.000000265. The fraction of sp³-hybridized carbons (Fsp3) is 0.518. The average Bonchev–Trinajstić information content (AvgIpc) is 4.33. The Kier molecular flexibility index (Phi) is 37.8. The van der Waals surface area contributed by atoms with Crippen LogP contribution in [0.2, 0.25) is 0 Å². The summed E-state index contributed by atoms with van der Waals surface area (Å²) in [5, 5.41) is 14.0. The molecule has 0 radical (unpaired) electrons. The molecule has 0 saturated heterocycles. The highest BCUT2D eigenvalue weighted by Crippen LogP contribution is 2.35. The number of aromatic nitrogens is 6. The number of aldehydes is 1. The molecule has 0 amide bonds. The van der Waals surface area contributed by atoms with Gasteiger partial charge < -0.3 is 42.5 Å². The smallest absolute Gasteiger partial charge is 0.408 e. The number of fused-ring (bicyclic) bond motifs is 1. The Bertz CT molecular complexity index is 2630. The van der Waals surface area contributed by atoms with Crippen molar-refractivity contribution in [3.63, 3.8) is 0 Å². The molecule has 7 aromatic rings. The molecule has 0 bridgehead atoms. The SMILES string of the molecule is Brc1nccs1.C#CC(OCC)OCC.CCOC(C#Cc1nccs1)OCC.CCOC(CCc1nccs1)OCC.CN(CCCc1nccs1)C1CCC(c2ccc3[nH]c(=O)oc3c2)CC1.O=CCCc1nccs1. The van der Waals surface area contributed by atoms with Crippen LogP contribution in [0.4, 0.5) is 0 Å². The first kappa shape index (κ1) is 67.9. The third kappa shape index (κ3) is 29.7. The largest absolute Gasteiger partial charge is 0.417 e. The third-order valence-electron chi connectivity index (χ3n) is 10.9. The first-order chi connectivity index (χ1) is 38.1. The van der Waals surface area contributed by atoms with E-state index in [1.54, 1.807) is 63.9 Å². The number of nitrogens with one attached hydrogen (secondary N) is 1. The topological polar surface area (TPSA) is 186 Å². The summed E-state index contributed by atoms with van der Waals surface area (Å²) >= 11 is 11.3. The average molecular weight is 1230 g/mol. The zero-order valence-electron chi connectivity index (χ0n) is 45.8. The number of hydrogen-bond acceptors (Lipinski definition) is 20. The van der Waals surface area contributed by atoms with Gasteiger partial charge in [-0.1, -0.05) is 6.07 Å². The number of rotatable bonds is 24. The van der Waals surface area contributed by atoms with E-state index in [9.17, 15) is 9.59 Å². The number of carbonyl (C=O) groups is 1. The van der Waals surface area contributed by atoms with Gasteiger partial charge in [0.25, 0.3) is 0 Å². The molecule has 0 spiro atoms. The predicted molar refractivity (Wildman–Crippen MR) is 321 cm³/mol. The molecule has 0 atom stereocenters. The molecule has 1 aliphatic carbocycles. The minimum Gasteiger partial charge on any atom is -0.408 e. The van der Waals surface area contributed by atoms with E-state index in [2.05, 4.69) is 87.0 Å². The van der Waals surface area contributed by atoms with Crippen molar-refractivity contribution in [1.82, 2.24) is 34.8 Å². The second kappa shape index (κ2) is 43.4. The lowest BCUT2D eigenvalue weighted by atomic mass is 9.81. The van der Waals surface area contributed by atoms with Gasteiger partial charge in [-0.05, 0) is 145 Å². The summed E-state index contributed by atoms with van der Waals surface area (Å²) in [6, 6.07) is 6.82. The van der Waals surface area contributed by atoms with Gasteiger partial charge in [-0.15, -0.1) is 63.1 Å². The molecule has 8 rings (SSSR count). The highest BCUT2D eigenvalue weighted by Gasteiger charge is 2.25. The van der Waals surface area contributed by atoms with Gasteiger partial charge in [-0.2, -0.15) is 0 Å². The summed E-state index contributed by atoms with van der Waals surface area (Å²) in [7, 11) is 2.26. The van der Waals surface area contributed by atoms with Gasteiger partial charge >= 0.3 is 5.76 Å². The predicted octanol–water partition coefficient (Wildman–Crippen LogP) is 12.7. The number of nitrogens with zero attached hydrogens (tertiary/aromatic N) is 6. The van der Waals surface area contributed by atoms with Crippen molar-refractivity contribution in [1.29, 1.82) is 0 Å². The number of thiazole rings is 5. The van der Waals surface area contributed by atoms with Gasteiger partial charge in [0.15, 0.2) is 20.8 Å². The maximum absolute atomic E-state index is 11.3. The molecular weight excluding hydrogens is 1150 g/mol. The van der Waals surface area contributed by atoms with Crippen LogP contribution in [0, 0.1) is 24.2 Å². The summed E-state index contributed by atoms with van der Waals surface area (Å²) in [6.07, 6.45) is 24.3. The van der Waals surface area contributed by atoms with Crippen LogP contribution >= 0.6 is 72.6 Å². The van der Waals surface area contributed by atoms with E-state index in [-0.39, 0.29) is 12.0 Å². The van der Waals surface area contributed by atoms with Gasteiger partial charge in [-0.25, -0.2) is 29.7 Å². The Labute approximate surface area is 489 Å². The first-order valence-electron chi connectivity index (χ1n) is 26.1. The van der Waals surface area contributed by atoms with Gasteiger partial charge in [0.05, 0.1) is 20.5 Å². The van der Waals surface area contributed by atoms with Crippen LogP contribution in [0.3, 0.4) is 0 Å². The van der Waals surface area contributed by atoms with Crippen LogP contribution < -0.4 is 5.76 Å². The van der Waals surface area contributed by atoms with E-state index in [1.165, 1.54) is 54.0 Å². The standard InChI is InChI=1S/C20H25N3O2S.C10H17NO2S.C10H13NO2S.C7H12O2.C6H7NOS.C3H2BrNS/c1-23(11-2-3-19-21-10-12-26-19)16-7-4-14(5-8-16)15-6-9-17-18(13-15)25-20(24)22-17;2*1-3-12-10(13-4-2)6-5-9-11-7-8-14-9;1-4-7(8-5-2)9-6-3;8-4-1-2-6-7-3-5-9-6;4-3-5-1-2-6-3/h6,9-10,12-14,16H,2-5,7-8,11H2,1H3,(H,22,24);7-8,10H,3-6H2,1-2H3;7-8,10H,3-4H2,1-2H3;1,7H,5-6H2,2-3H3;3-5H,1-2H2;1-2H. The molecule has 1 aliphatic rings. The summed E-state index contributed by atoms with van der Waals surface area (Å²) in [5.74, 6) is 8.33. The van der Waals surface area contributed by atoms with Crippen LogP contribution in [0.5, 0.6) is 0 Å². The lowest BCUT2D eigenvalue weighted by Crippen LogP contribution is -2.35. The fourth-order valence-corrected chi connectivity index (χ4v) is 10.6. The summed E-state index contributed by atoms with van der Waals surface area (Å²) in [5.41, 5.74) is 2.76. The lowest BCUT2D eigenvalue weighted by Gasteiger charge is -2.35. The van der Waals surface area contributed by atoms with Gasteiger partial charge in [0, 0.05) is 136 Å². The fourth-order valence-electron chi connectivity index (χ4n) is 7.36. The van der Waals surface area contributed by atoms with Crippen molar-refractivity contribution < 1.29 is 37.6 Å². The highest BCUT2D eigenvalue weighted by molar-refractivity contribution is 9.11. The van der Waals surface area contributed by atoms with Crippen molar-refractivity contribution in [2.24, 2.45) is 0 Å². The van der Waals surface area contributed by atoms with E-state index in [1.807, 2.05) is 87.6 Å². The molecule has 6 aromatic heterocycles. The summed E-state index contributed by atoms with van der Waals surface area (Å²) in [6.45, 7) is 16.4. The minimum atomic E-state index is -0.458. The lowest BCUT2D eigenvalue weighted by molar-refractivity contribution is -0.139. The zero-order chi connectivity index (χ0) is 56.4. The first-order valence-corrected chi connectivity index (χ1v) is 31.3. The molecule has 0 aliphatic heterocycles. The van der Waals surface area contributed by atoms with Crippen molar-refractivity contribution in [2.75, 3.05) is 53.2 Å². The van der Waals surface area contributed by atoms with E-state index in [0.717, 1.165) is 63.0 Å². The molecule has 1 fully saturated rings. The molecule has 1 N–H and O–H groups in total. The number of benzene rings is 1. The Morgan fingerprint density at radius 1 is 0.718 bits per heavy atom. The number of hydrogen-bond donors (Lipinski definition) is 1. The van der Waals surface area contributed by atoms with Crippen molar-refractivity contribution in [3.05, 3.63) is 116 Å². The van der Waals surface area contributed by atoms with Crippen LogP contribution in [0.15, 0.2) is 89.2 Å². The van der Waals surface area contributed by atoms with Gasteiger partial charge in [0.2, 0.25) is 12.6 Å². The number of terminal acetylenes is 1. The van der Waals surface area contributed by atoms with E-state index in [0.29, 0.717) is 63.6 Å². The molecular formula is C56H76BrN7O9S5. The van der Waals surface area contributed by atoms with Crippen LogP contribution in [0.1, 0.15) is 118 Å². The monoisotopic (exact) mass is 1230 g/mol. The number of ether oxygens (including phenoxy) is 6. The van der Waals surface area contributed by atoms with Crippen molar-refractivity contribution in [2.45, 2.75) is 137 Å². The molecule has 1 saturated carbocycles. The number of aryl methyl sites for hydroxylation is 3. The normalized spacial score (nSPS) is 13.6. The third-order valence-corrected chi connectivity index (χ3v) is 15.4. The van der Waals surface area contributed by atoms with Gasteiger partial charge in [-0.3, -0.25) is 4.98 Å². The zero-order valence-corrected chi connectivity index (χ0v) is 51.5. The van der Waals surface area contributed by atoms with Crippen LogP contribution in [-0.2, 0) is 52.5 Å². The van der Waals surface area contributed by atoms with E-state index >= 15 is 0 Å². The number of aromatic amines is 1. The summed E-state index contributed by atoms with van der Waals surface area (Å²) < 4.78 is 37.5. The van der Waals surface area contributed by atoms with E-state index < -0.39 is 12.6 Å². The number of oxazole rings is 1. The minimum absolute atomic E-state index is 0.0751. The van der Waals surface area contributed by atoms with E-state index in [4.69, 9.17) is 39.3 Å². The second-order valence-corrected chi connectivity index (χ2v) is 22.3. The number of halogens is 1. The van der Waals surface area contributed by atoms with Crippen molar-refractivity contribution in [3.8, 4) is 24.2 Å². The molecule has 78 heavy (non-hydrogen) atoms. The molecule has 16 nitrogen and oxygen atoms in total. The Morgan fingerprint density at radius 3 is 1.74 bits per heavy atom. The Hall–Kier alpha value is -4.37. The summed E-state index contributed by atoms with van der Waals surface area (Å²) in [4.78, 5) is 46.9.